The molecule has 0 saturated heterocycles. The van der Waals surface area contributed by atoms with Crippen LogP contribution in [0.5, 0.6) is 6.01 Å². The third kappa shape index (κ3) is 4.89. The first-order valence-electron chi connectivity index (χ1n) is 10.5. The molecule has 1 aliphatic rings. The second kappa shape index (κ2) is 9.08. The van der Waals surface area contributed by atoms with E-state index >= 15 is 0 Å². The highest BCUT2D eigenvalue weighted by Gasteiger charge is 2.26. The molecule has 1 aliphatic heterocycles. The molecule has 3 aromatic rings. The largest absolute Gasteiger partial charge is 0.459 e. The van der Waals surface area contributed by atoms with Crippen LogP contribution in [-0.2, 0) is 20.8 Å². The maximum atomic E-state index is 12.2. The first-order chi connectivity index (χ1) is 15.0. The molecule has 8 heteroatoms. The van der Waals surface area contributed by atoms with E-state index in [0.717, 1.165) is 48.8 Å². The number of unbranched alkanes of at least 4 members (excludes halogenated alkanes) is 3. The van der Waals surface area contributed by atoms with Crippen LogP contribution in [0.1, 0.15) is 43.2 Å². The molecule has 0 N–H and O–H groups in total. The van der Waals surface area contributed by atoms with Gasteiger partial charge in [0, 0.05) is 0 Å². The minimum absolute atomic E-state index is 0.0979. The van der Waals surface area contributed by atoms with Crippen molar-refractivity contribution < 1.29 is 17.3 Å². The molecule has 1 aromatic heterocycles. The van der Waals surface area contributed by atoms with E-state index in [9.17, 15) is 8.42 Å². The Morgan fingerprint density at radius 2 is 1.94 bits per heavy atom. The van der Waals surface area contributed by atoms with Crippen molar-refractivity contribution in [2.45, 2.75) is 56.6 Å². The summed E-state index contributed by atoms with van der Waals surface area (Å²) >= 11 is 0. The van der Waals surface area contributed by atoms with Gasteiger partial charge in [-0.15, -0.1) is 0 Å². The number of hydrogen-bond donors (Lipinski definition) is 0. The summed E-state index contributed by atoms with van der Waals surface area (Å²) in [7, 11) is -3.68. The summed E-state index contributed by atoms with van der Waals surface area (Å²) in [6, 6.07) is 14.9. The minimum Gasteiger partial charge on any atom is -0.459 e. The first-order valence-corrected chi connectivity index (χ1v) is 11.9. The topological polar surface area (TPSA) is 94.2 Å². The van der Waals surface area contributed by atoms with E-state index in [-0.39, 0.29) is 17.6 Å². The monoisotopic (exact) mass is 439 g/mol. The predicted molar refractivity (Wildman–Crippen MR) is 116 cm³/mol. The van der Waals surface area contributed by atoms with Gasteiger partial charge in [0.2, 0.25) is 0 Å². The lowest BCUT2D eigenvalue weighted by Crippen LogP contribution is -2.14. The number of aryl methyl sites for hydroxylation is 1. The van der Waals surface area contributed by atoms with Crippen LogP contribution in [0.2, 0.25) is 0 Å². The van der Waals surface area contributed by atoms with Crippen molar-refractivity contribution in [2.24, 2.45) is 0 Å². The molecule has 0 saturated carbocycles. The molecule has 31 heavy (non-hydrogen) atoms. The average Bonchev–Trinajstić information content (AvgIpc) is 3.30. The molecule has 0 spiro atoms. The summed E-state index contributed by atoms with van der Waals surface area (Å²) in [5.74, 6) is 0. The van der Waals surface area contributed by atoms with Crippen LogP contribution in [0, 0.1) is 18.3 Å². The highest BCUT2D eigenvalue weighted by Crippen LogP contribution is 2.30. The molecule has 0 amide bonds. The molecule has 0 unspecified atom stereocenters. The highest BCUT2D eigenvalue weighted by atomic mass is 32.2. The van der Waals surface area contributed by atoms with Crippen LogP contribution in [0.4, 0.5) is 0 Å². The summed E-state index contributed by atoms with van der Waals surface area (Å²) in [6.45, 7) is 2.87. The average molecular weight is 440 g/mol. The Bertz CT molecular complexity index is 1210. The fraction of sp³-hybridized carbons (Fsp3) is 0.391. The van der Waals surface area contributed by atoms with Crippen molar-refractivity contribution in [3.8, 4) is 12.1 Å². The standard InChI is InChI=1S/C23H25N3O4S/c1-17-7-10-20(11-8-17)31(27,28)29-13-5-3-2-4-6-19-16-26-22-12-9-18(15-24)14-21(22)25-23(26)30-19/h7-12,14,19H,2-6,13,16H2,1H3/t19-/m1/s1. The Hall–Kier alpha value is -2.89. The zero-order chi connectivity index (χ0) is 21.8. The Kier molecular flexibility index (Phi) is 6.25. The summed E-state index contributed by atoms with van der Waals surface area (Å²) < 4.78 is 37.5. The fourth-order valence-electron chi connectivity index (χ4n) is 3.75. The normalized spacial score (nSPS) is 15.5. The van der Waals surface area contributed by atoms with Gasteiger partial charge in [0.15, 0.2) is 0 Å². The fourth-order valence-corrected chi connectivity index (χ4v) is 4.70. The summed E-state index contributed by atoms with van der Waals surface area (Å²) in [4.78, 5) is 4.69. The quantitative estimate of drug-likeness (QED) is 0.364. The van der Waals surface area contributed by atoms with E-state index in [0.29, 0.717) is 18.0 Å². The van der Waals surface area contributed by atoms with Crippen LogP contribution in [0.15, 0.2) is 47.4 Å². The second-order valence-electron chi connectivity index (χ2n) is 7.85. The first kappa shape index (κ1) is 21.3. The Balaban J connectivity index is 1.15. The lowest BCUT2D eigenvalue weighted by Gasteiger charge is -2.09. The van der Waals surface area contributed by atoms with Gasteiger partial charge in [-0.3, -0.25) is 8.75 Å². The van der Waals surface area contributed by atoms with Crippen molar-refractivity contribution in [1.29, 1.82) is 5.26 Å². The number of nitriles is 1. The van der Waals surface area contributed by atoms with E-state index in [1.165, 1.54) is 0 Å². The molecule has 1 atom stereocenters. The van der Waals surface area contributed by atoms with E-state index in [4.69, 9.17) is 14.2 Å². The SMILES string of the molecule is Cc1ccc(S(=O)(=O)OCCCCCC[C@@H]2Cn3c(nc4cc(C#N)ccc43)O2)cc1. The molecule has 2 aromatic carbocycles. The number of hydrogen-bond acceptors (Lipinski definition) is 6. The number of fused-ring (bicyclic) bond motifs is 3. The molecule has 0 radical (unpaired) electrons. The van der Waals surface area contributed by atoms with E-state index < -0.39 is 10.1 Å². The van der Waals surface area contributed by atoms with Gasteiger partial charge in [-0.05, 0) is 56.5 Å². The molecular weight excluding hydrogens is 414 g/mol. The number of nitrogens with zero attached hydrogens (tertiary/aromatic N) is 3. The van der Waals surface area contributed by atoms with Gasteiger partial charge in [0.05, 0.1) is 40.7 Å². The molecule has 4 rings (SSSR count). The van der Waals surface area contributed by atoms with Gasteiger partial charge in [-0.25, -0.2) is 0 Å². The van der Waals surface area contributed by atoms with Gasteiger partial charge >= 0.3 is 0 Å². The van der Waals surface area contributed by atoms with E-state index in [2.05, 4.69) is 15.6 Å². The molecular formula is C23H25N3O4S. The lowest BCUT2D eigenvalue weighted by molar-refractivity contribution is 0.208. The highest BCUT2D eigenvalue weighted by molar-refractivity contribution is 7.86. The number of ether oxygens (including phenoxy) is 1. The molecule has 7 nitrogen and oxygen atoms in total. The van der Waals surface area contributed by atoms with Crippen molar-refractivity contribution in [3.63, 3.8) is 0 Å². The van der Waals surface area contributed by atoms with E-state index in [1.54, 1.807) is 36.4 Å². The third-order valence-electron chi connectivity index (χ3n) is 5.47. The Morgan fingerprint density at radius 1 is 1.16 bits per heavy atom. The summed E-state index contributed by atoms with van der Waals surface area (Å²) in [5.41, 5.74) is 3.38. The number of imidazole rings is 1. The van der Waals surface area contributed by atoms with Crippen molar-refractivity contribution >= 4 is 21.2 Å². The smallest absolute Gasteiger partial charge is 0.297 e. The lowest BCUT2D eigenvalue weighted by atomic mass is 10.1. The van der Waals surface area contributed by atoms with Gasteiger partial charge in [-0.2, -0.15) is 18.7 Å². The van der Waals surface area contributed by atoms with Gasteiger partial charge in [-0.1, -0.05) is 30.5 Å². The van der Waals surface area contributed by atoms with Crippen LogP contribution < -0.4 is 4.74 Å². The van der Waals surface area contributed by atoms with Crippen LogP contribution >= 0.6 is 0 Å². The number of benzene rings is 2. The minimum atomic E-state index is -3.68. The van der Waals surface area contributed by atoms with Crippen molar-refractivity contribution in [2.75, 3.05) is 6.61 Å². The summed E-state index contributed by atoms with van der Waals surface area (Å²) in [6.07, 6.45) is 4.61. The molecule has 162 valence electrons. The van der Waals surface area contributed by atoms with Crippen LogP contribution in [0.3, 0.4) is 0 Å². The molecule has 0 aliphatic carbocycles. The predicted octanol–water partition coefficient (Wildman–Crippen LogP) is 4.33. The maximum Gasteiger partial charge on any atom is 0.297 e. The number of rotatable bonds is 9. The molecule has 0 bridgehead atoms. The third-order valence-corrected chi connectivity index (χ3v) is 6.80. The zero-order valence-electron chi connectivity index (χ0n) is 17.5. The van der Waals surface area contributed by atoms with Gasteiger partial charge < -0.3 is 4.74 Å². The van der Waals surface area contributed by atoms with Crippen molar-refractivity contribution in [1.82, 2.24) is 9.55 Å². The van der Waals surface area contributed by atoms with E-state index in [1.807, 2.05) is 13.0 Å². The van der Waals surface area contributed by atoms with Crippen LogP contribution in [-0.4, -0.2) is 30.7 Å². The van der Waals surface area contributed by atoms with Crippen LogP contribution in [0.25, 0.3) is 11.0 Å². The summed E-state index contributed by atoms with van der Waals surface area (Å²) in [5, 5.41) is 9.01. The van der Waals surface area contributed by atoms with Crippen molar-refractivity contribution in [3.05, 3.63) is 53.6 Å². The molecule has 0 fully saturated rings. The van der Waals surface area contributed by atoms with Gasteiger partial charge in [0.25, 0.3) is 16.1 Å². The zero-order valence-corrected chi connectivity index (χ0v) is 18.3. The maximum absolute atomic E-state index is 12.2. The second-order valence-corrected chi connectivity index (χ2v) is 9.47. The Morgan fingerprint density at radius 3 is 2.71 bits per heavy atom. The Labute approximate surface area is 182 Å². The van der Waals surface area contributed by atoms with Gasteiger partial charge in [0.1, 0.15) is 6.10 Å². The molecule has 2 heterocycles. The number of aromatic nitrogens is 2.